The number of amides is 1. The number of anilines is 1. The molecule has 3 aromatic rings. The molecule has 1 heterocycles. The molecule has 0 aliphatic carbocycles. The molecule has 3 rings (SSSR count). The maximum absolute atomic E-state index is 12.8. The van der Waals surface area contributed by atoms with Crippen LogP contribution in [0.15, 0.2) is 58.4 Å². The molecule has 7 heteroatoms. The number of carbonyl (C=O) groups excluding carboxylic acids is 1. The summed E-state index contributed by atoms with van der Waals surface area (Å²) < 4.78 is 1.37. The van der Waals surface area contributed by atoms with Gasteiger partial charge in [-0.3, -0.25) is 9.59 Å². The van der Waals surface area contributed by atoms with E-state index in [1.165, 1.54) is 4.68 Å². The smallest absolute Gasteiger partial charge is 0.292 e. The zero-order valence-corrected chi connectivity index (χ0v) is 18.3. The van der Waals surface area contributed by atoms with Crippen LogP contribution in [-0.2, 0) is 6.54 Å². The van der Waals surface area contributed by atoms with Crippen LogP contribution in [0.25, 0.3) is 10.8 Å². The Hall–Kier alpha value is -3.48. The fourth-order valence-corrected chi connectivity index (χ4v) is 3.44. The van der Waals surface area contributed by atoms with Gasteiger partial charge in [-0.25, -0.2) is 10.1 Å². The van der Waals surface area contributed by atoms with Crippen LogP contribution in [0.5, 0.6) is 0 Å². The fraction of sp³-hybridized carbons (Fsp3) is 0.333. The van der Waals surface area contributed by atoms with Crippen LogP contribution in [-0.4, -0.2) is 35.0 Å². The van der Waals surface area contributed by atoms with Gasteiger partial charge in [-0.2, -0.15) is 10.2 Å². The lowest BCUT2D eigenvalue weighted by molar-refractivity contribution is 0.0949. The molecule has 31 heavy (non-hydrogen) atoms. The summed E-state index contributed by atoms with van der Waals surface area (Å²) in [4.78, 5) is 27.7. The molecule has 0 atom stereocenters. The first-order chi connectivity index (χ1) is 15.1. The van der Waals surface area contributed by atoms with Crippen molar-refractivity contribution in [2.45, 2.75) is 40.2 Å². The van der Waals surface area contributed by atoms with Gasteiger partial charge in [0.1, 0.15) is 0 Å². The van der Waals surface area contributed by atoms with E-state index in [0.717, 1.165) is 37.2 Å². The molecule has 2 aromatic carbocycles. The third-order valence-corrected chi connectivity index (χ3v) is 5.21. The van der Waals surface area contributed by atoms with Crippen LogP contribution in [0.4, 0.5) is 5.69 Å². The number of aryl methyl sites for hydroxylation is 1. The minimum atomic E-state index is -0.447. The van der Waals surface area contributed by atoms with E-state index < -0.39 is 5.91 Å². The minimum Gasteiger partial charge on any atom is -0.372 e. The molecule has 0 spiro atoms. The summed E-state index contributed by atoms with van der Waals surface area (Å²) in [5.41, 5.74) is 4.58. The molecule has 0 bridgehead atoms. The summed E-state index contributed by atoms with van der Waals surface area (Å²) in [6.07, 6.45) is 3.34. The minimum absolute atomic E-state index is 0.183. The molecule has 1 N–H and O–H groups in total. The number of hydrazone groups is 1. The van der Waals surface area contributed by atoms with Crippen LogP contribution >= 0.6 is 0 Å². The lowest BCUT2D eigenvalue weighted by atomic mass is 10.1. The zero-order valence-electron chi connectivity index (χ0n) is 18.3. The molecule has 0 saturated heterocycles. The Balaban J connectivity index is 1.80. The van der Waals surface area contributed by atoms with Gasteiger partial charge in [-0.1, -0.05) is 43.7 Å². The number of fused-ring (bicyclic) bond motifs is 1. The second-order valence-corrected chi connectivity index (χ2v) is 7.24. The topological polar surface area (TPSA) is 79.6 Å². The number of nitrogens with zero attached hydrogens (tertiary/aromatic N) is 4. The number of carbonyl (C=O) groups is 1. The van der Waals surface area contributed by atoms with Crippen molar-refractivity contribution in [3.63, 3.8) is 0 Å². The van der Waals surface area contributed by atoms with Crippen molar-refractivity contribution in [2.75, 3.05) is 18.0 Å². The standard InChI is InChI=1S/C24H29N5O2/c1-4-7-16-29-24(31)21-11-9-8-10-20(21)22(27-29)23(30)26-25-17-18-12-14-19(15-13-18)28(5-2)6-3/h8-15,17H,4-7,16H2,1-3H3,(H,26,30)/b25-17+. The van der Waals surface area contributed by atoms with Gasteiger partial charge in [-0.15, -0.1) is 0 Å². The Bertz CT molecular complexity index is 1120. The van der Waals surface area contributed by atoms with E-state index in [2.05, 4.69) is 34.4 Å². The first-order valence-electron chi connectivity index (χ1n) is 10.8. The number of aromatic nitrogens is 2. The average Bonchev–Trinajstić information content (AvgIpc) is 2.80. The summed E-state index contributed by atoms with van der Waals surface area (Å²) in [6, 6.07) is 15.0. The van der Waals surface area contributed by atoms with Crippen LogP contribution in [0, 0.1) is 0 Å². The van der Waals surface area contributed by atoms with Crippen molar-refractivity contribution in [3.05, 3.63) is 70.1 Å². The van der Waals surface area contributed by atoms with Crippen LogP contribution < -0.4 is 15.9 Å². The molecule has 0 aliphatic rings. The summed E-state index contributed by atoms with van der Waals surface area (Å²) in [7, 11) is 0. The lowest BCUT2D eigenvalue weighted by Gasteiger charge is -2.20. The molecule has 0 radical (unpaired) electrons. The Morgan fingerprint density at radius 1 is 1.06 bits per heavy atom. The molecular formula is C24H29N5O2. The highest BCUT2D eigenvalue weighted by Gasteiger charge is 2.16. The highest BCUT2D eigenvalue weighted by molar-refractivity contribution is 6.04. The molecule has 162 valence electrons. The van der Waals surface area contributed by atoms with Crippen molar-refractivity contribution in [2.24, 2.45) is 5.10 Å². The molecule has 0 saturated carbocycles. The lowest BCUT2D eigenvalue weighted by Crippen LogP contribution is -2.29. The molecule has 0 fully saturated rings. The van der Waals surface area contributed by atoms with Gasteiger partial charge in [0, 0.05) is 30.7 Å². The molecular weight excluding hydrogens is 390 g/mol. The maximum atomic E-state index is 12.8. The number of hydrogen-bond acceptors (Lipinski definition) is 5. The number of unbranched alkanes of at least 4 members (excludes halogenated alkanes) is 1. The van der Waals surface area contributed by atoms with Crippen molar-refractivity contribution in [1.82, 2.24) is 15.2 Å². The van der Waals surface area contributed by atoms with Gasteiger partial charge in [0.05, 0.1) is 11.6 Å². The van der Waals surface area contributed by atoms with Gasteiger partial charge < -0.3 is 4.90 Å². The SMILES string of the molecule is CCCCn1nc(C(=O)N/N=C/c2ccc(N(CC)CC)cc2)c2ccccc2c1=O. The first-order valence-corrected chi connectivity index (χ1v) is 10.8. The number of hydrogen-bond donors (Lipinski definition) is 1. The van der Waals surface area contributed by atoms with Crippen LogP contribution in [0.3, 0.4) is 0 Å². The average molecular weight is 420 g/mol. The number of nitrogens with one attached hydrogen (secondary N) is 1. The van der Waals surface area contributed by atoms with E-state index in [4.69, 9.17) is 0 Å². The van der Waals surface area contributed by atoms with Gasteiger partial charge >= 0.3 is 0 Å². The second kappa shape index (κ2) is 10.5. The zero-order chi connectivity index (χ0) is 22.2. The quantitative estimate of drug-likeness (QED) is 0.423. The second-order valence-electron chi connectivity index (χ2n) is 7.24. The van der Waals surface area contributed by atoms with Gasteiger partial charge in [-0.05, 0) is 44.0 Å². The molecule has 7 nitrogen and oxygen atoms in total. The summed E-state index contributed by atoms with van der Waals surface area (Å²) >= 11 is 0. The fourth-order valence-electron chi connectivity index (χ4n) is 3.44. The molecule has 1 amide bonds. The summed E-state index contributed by atoms with van der Waals surface area (Å²) in [6.45, 7) is 8.66. The predicted molar refractivity (Wildman–Crippen MR) is 126 cm³/mol. The van der Waals surface area contributed by atoms with Crippen LogP contribution in [0.2, 0.25) is 0 Å². The van der Waals surface area contributed by atoms with Crippen molar-refractivity contribution >= 4 is 28.6 Å². The Labute approximate surface area is 182 Å². The monoisotopic (exact) mass is 419 g/mol. The van der Waals surface area contributed by atoms with Crippen LogP contribution in [0.1, 0.15) is 49.7 Å². The molecule has 0 aliphatic heterocycles. The Morgan fingerprint density at radius 2 is 1.74 bits per heavy atom. The Kier molecular flexibility index (Phi) is 7.54. The highest BCUT2D eigenvalue weighted by atomic mass is 16.2. The molecule has 1 aromatic heterocycles. The van der Waals surface area contributed by atoms with E-state index in [0.29, 0.717) is 17.3 Å². The molecule has 0 unspecified atom stereocenters. The van der Waals surface area contributed by atoms with Crippen molar-refractivity contribution in [3.8, 4) is 0 Å². The summed E-state index contributed by atoms with van der Waals surface area (Å²) in [5.74, 6) is -0.447. The largest absolute Gasteiger partial charge is 0.372 e. The third-order valence-electron chi connectivity index (χ3n) is 5.21. The van der Waals surface area contributed by atoms with E-state index in [1.807, 2.05) is 31.2 Å². The summed E-state index contributed by atoms with van der Waals surface area (Å²) in [5, 5.41) is 9.42. The Morgan fingerprint density at radius 3 is 2.39 bits per heavy atom. The van der Waals surface area contributed by atoms with E-state index in [9.17, 15) is 9.59 Å². The van der Waals surface area contributed by atoms with Gasteiger partial charge in [0.15, 0.2) is 5.69 Å². The predicted octanol–water partition coefficient (Wildman–Crippen LogP) is 3.81. The van der Waals surface area contributed by atoms with Gasteiger partial charge in [0.2, 0.25) is 0 Å². The third kappa shape index (κ3) is 5.17. The van der Waals surface area contributed by atoms with E-state index >= 15 is 0 Å². The first kappa shape index (κ1) is 22.2. The van der Waals surface area contributed by atoms with E-state index in [1.54, 1.807) is 30.5 Å². The number of benzene rings is 2. The highest BCUT2D eigenvalue weighted by Crippen LogP contribution is 2.15. The number of rotatable bonds is 9. The maximum Gasteiger partial charge on any atom is 0.292 e. The van der Waals surface area contributed by atoms with Crippen molar-refractivity contribution < 1.29 is 4.79 Å². The van der Waals surface area contributed by atoms with Gasteiger partial charge in [0.25, 0.3) is 11.5 Å². The normalized spacial score (nSPS) is 11.2. The van der Waals surface area contributed by atoms with Crippen molar-refractivity contribution in [1.29, 1.82) is 0 Å². The van der Waals surface area contributed by atoms with E-state index in [-0.39, 0.29) is 11.3 Å².